The van der Waals surface area contributed by atoms with E-state index in [9.17, 15) is 30.3 Å². The SMILES string of the molecule is CC1=C(C#N)[C@H](c2cccc([N+](=O)[O-])c2)C(C(=O)OCCO[N+](=O)[O-])=C(C)N1. The van der Waals surface area contributed by atoms with Gasteiger partial charge in [0, 0.05) is 23.5 Å². The molecule has 0 bridgehead atoms. The van der Waals surface area contributed by atoms with Crippen LogP contribution in [0.25, 0.3) is 0 Å². The highest BCUT2D eigenvalue weighted by Gasteiger charge is 2.34. The summed E-state index contributed by atoms with van der Waals surface area (Å²) in [5.41, 5.74) is 1.40. The van der Waals surface area contributed by atoms with Crippen molar-refractivity contribution in [2.45, 2.75) is 19.8 Å². The van der Waals surface area contributed by atoms with Crippen LogP contribution in [0.3, 0.4) is 0 Å². The number of nitriles is 1. The number of nitro groups is 1. The second-order valence-electron chi connectivity index (χ2n) is 5.79. The minimum atomic E-state index is -1.01. The van der Waals surface area contributed by atoms with Gasteiger partial charge >= 0.3 is 5.97 Å². The minimum absolute atomic E-state index is 0.0868. The van der Waals surface area contributed by atoms with Crippen molar-refractivity contribution in [3.8, 4) is 6.07 Å². The number of carbonyl (C=O) groups is 1. The lowest BCUT2D eigenvalue weighted by molar-refractivity contribution is -0.757. The standard InChI is InChI=1S/C17H16N4O7/c1-10-14(9-18)16(12-4-3-5-13(8-12)20(23)24)15(11(2)19-10)17(22)27-6-7-28-21(25)26/h3-5,8,16,19H,6-7H2,1-2H3/t16-/m0/s1. The highest BCUT2D eigenvalue weighted by atomic mass is 17.0. The number of non-ortho nitro benzene ring substituents is 1. The minimum Gasteiger partial charge on any atom is -0.460 e. The van der Waals surface area contributed by atoms with Crippen molar-refractivity contribution in [3.05, 3.63) is 72.6 Å². The summed E-state index contributed by atoms with van der Waals surface area (Å²) in [4.78, 5) is 37.4. The van der Waals surface area contributed by atoms with E-state index < -0.39 is 28.5 Å². The van der Waals surface area contributed by atoms with Crippen LogP contribution >= 0.6 is 0 Å². The molecule has 11 nitrogen and oxygen atoms in total. The lowest BCUT2D eigenvalue weighted by atomic mass is 9.81. The fourth-order valence-corrected chi connectivity index (χ4v) is 2.89. The summed E-state index contributed by atoms with van der Waals surface area (Å²) >= 11 is 0. The lowest BCUT2D eigenvalue weighted by Crippen LogP contribution is -2.29. The molecule has 0 amide bonds. The van der Waals surface area contributed by atoms with Crippen LogP contribution in [0.5, 0.6) is 0 Å². The highest BCUT2D eigenvalue weighted by molar-refractivity contribution is 5.93. The Hall–Kier alpha value is -3.94. The van der Waals surface area contributed by atoms with E-state index in [-0.39, 0.29) is 23.4 Å². The van der Waals surface area contributed by atoms with E-state index in [1.54, 1.807) is 19.9 Å². The Morgan fingerprint density at radius 2 is 1.96 bits per heavy atom. The zero-order chi connectivity index (χ0) is 20.8. The van der Waals surface area contributed by atoms with Crippen molar-refractivity contribution in [1.29, 1.82) is 5.26 Å². The molecule has 0 radical (unpaired) electrons. The fraction of sp³-hybridized carbons (Fsp3) is 0.294. The first-order chi connectivity index (χ1) is 13.3. The van der Waals surface area contributed by atoms with Gasteiger partial charge in [0.05, 0.1) is 28.1 Å². The molecule has 1 aliphatic rings. The summed E-state index contributed by atoms with van der Waals surface area (Å²) < 4.78 is 5.03. The summed E-state index contributed by atoms with van der Waals surface area (Å²) in [6.07, 6.45) is 0. The van der Waals surface area contributed by atoms with Gasteiger partial charge in [-0.2, -0.15) is 5.26 Å². The van der Waals surface area contributed by atoms with E-state index in [1.165, 1.54) is 18.2 Å². The van der Waals surface area contributed by atoms with Gasteiger partial charge in [0.2, 0.25) is 0 Å². The molecule has 1 N–H and O–H groups in total. The third-order valence-corrected chi connectivity index (χ3v) is 4.03. The molecule has 0 aromatic heterocycles. The molecule has 1 aromatic carbocycles. The maximum absolute atomic E-state index is 12.6. The number of benzene rings is 1. The number of esters is 1. The Labute approximate surface area is 159 Å². The van der Waals surface area contributed by atoms with Gasteiger partial charge in [0.1, 0.15) is 13.2 Å². The first-order valence-corrected chi connectivity index (χ1v) is 8.03. The molecule has 1 aliphatic heterocycles. The number of ether oxygens (including phenoxy) is 1. The second-order valence-corrected chi connectivity index (χ2v) is 5.79. The average molecular weight is 388 g/mol. The molecule has 28 heavy (non-hydrogen) atoms. The number of nitrogens with one attached hydrogen (secondary N) is 1. The van der Waals surface area contributed by atoms with Crippen LogP contribution in [0.4, 0.5) is 5.69 Å². The van der Waals surface area contributed by atoms with Crippen LogP contribution in [0.1, 0.15) is 25.3 Å². The molecule has 0 aliphatic carbocycles. The molecular weight excluding hydrogens is 372 g/mol. The molecule has 0 saturated carbocycles. The molecule has 146 valence electrons. The number of dihydropyridines is 1. The summed E-state index contributed by atoms with van der Waals surface area (Å²) in [6.45, 7) is 2.44. The van der Waals surface area contributed by atoms with Crippen molar-refractivity contribution in [2.75, 3.05) is 13.2 Å². The van der Waals surface area contributed by atoms with Crippen LogP contribution < -0.4 is 5.32 Å². The maximum Gasteiger partial charge on any atom is 0.336 e. The first kappa shape index (κ1) is 20.4. The van der Waals surface area contributed by atoms with Crippen LogP contribution in [0.15, 0.2) is 46.8 Å². The Morgan fingerprint density at radius 3 is 2.57 bits per heavy atom. The summed E-state index contributed by atoms with van der Waals surface area (Å²) in [5.74, 6) is -1.69. The van der Waals surface area contributed by atoms with Gasteiger partial charge in [-0.3, -0.25) is 10.1 Å². The molecule has 1 heterocycles. The van der Waals surface area contributed by atoms with Gasteiger partial charge in [-0.05, 0) is 19.4 Å². The molecule has 1 atom stereocenters. The van der Waals surface area contributed by atoms with E-state index in [0.29, 0.717) is 17.0 Å². The second kappa shape index (κ2) is 8.63. The summed E-state index contributed by atoms with van der Waals surface area (Å²) in [6, 6.07) is 7.66. The Bertz CT molecular complexity index is 930. The topological polar surface area (TPSA) is 158 Å². The number of hydrogen-bond donors (Lipinski definition) is 1. The Morgan fingerprint density at radius 1 is 1.25 bits per heavy atom. The van der Waals surface area contributed by atoms with Crippen LogP contribution in [-0.4, -0.2) is 29.2 Å². The third-order valence-electron chi connectivity index (χ3n) is 4.03. The average Bonchev–Trinajstić information content (AvgIpc) is 2.64. The number of nitro benzene ring substituents is 1. The van der Waals surface area contributed by atoms with Crippen molar-refractivity contribution in [1.82, 2.24) is 5.32 Å². The van der Waals surface area contributed by atoms with Gasteiger partial charge in [0.15, 0.2) is 0 Å². The fourth-order valence-electron chi connectivity index (χ4n) is 2.89. The summed E-state index contributed by atoms with van der Waals surface area (Å²) in [7, 11) is 0. The largest absolute Gasteiger partial charge is 0.460 e. The number of allylic oxidation sites excluding steroid dienone is 3. The van der Waals surface area contributed by atoms with Crippen molar-refractivity contribution in [2.24, 2.45) is 0 Å². The van der Waals surface area contributed by atoms with Gasteiger partial charge in [-0.1, -0.05) is 12.1 Å². The van der Waals surface area contributed by atoms with Crippen molar-refractivity contribution in [3.63, 3.8) is 0 Å². The third kappa shape index (κ3) is 4.42. The van der Waals surface area contributed by atoms with E-state index >= 15 is 0 Å². The molecule has 0 unspecified atom stereocenters. The summed E-state index contributed by atoms with van der Waals surface area (Å²) in [5, 5.41) is 32.8. The van der Waals surface area contributed by atoms with Crippen LogP contribution in [0, 0.1) is 31.6 Å². The van der Waals surface area contributed by atoms with Crippen molar-refractivity contribution < 1.29 is 24.4 Å². The molecule has 2 rings (SSSR count). The number of hydrogen-bond acceptors (Lipinski definition) is 9. The van der Waals surface area contributed by atoms with Gasteiger partial charge in [0.25, 0.3) is 10.8 Å². The highest BCUT2D eigenvalue weighted by Crippen LogP contribution is 2.39. The first-order valence-electron chi connectivity index (χ1n) is 8.03. The molecule has 0 saturated heterocycles. The lowest BCUT2D eigenvalue weighted by Gasteiger charge is -2.28. The quantitative estimate of drug-likeness (QED) is 0.319. The normalized spacial score (nSPS) is 16.1. The Kier molecular flexibility index (Phi) is 6.28. The zero-order valence-corrected chi connectivity index (χ0v) is 15.0. The number of carbonyl (C=O) groups excluding carboxylic acids is 1. The van der Waals surface area contributed by atoms with Crippen LogP contribution in [-0.2, 0) is 14.4 Å². The van der Waals surface area contributed by atoms with Gasteiger partial charge < -0.3 is 14.9 Å². The predicted octanol–water partition coefficient (Wildman–Crippen LogP) is 2.10. The van der Waals surface area contributed by atoms with E-state index in [0.717, 1.165) is 0 Å². The number of nitrogens with zero attached hydrogens (tertiary/aromatic N) is 3. The van der Waals surface area contributed by atoms with E-state index in [1.807, 2.05) is 6.07 Å². The van der Waals surface area contributed by atoms with Gasteiger partial charge in [-0.25, -0.2) is 4.79 Å². The van der Waals surface area contributed by atoms with Crippen molar-refractivity contribution >= 4 is 11.7 Å². The molecule has 11 heteroatoms. The van der Waals surface area contributed by atoms with Gasteiger partial charge in [-0.15, -0.1) is 10.1 Å². The predicted molar refractivity (Wildman–Crippen MR) is 93.9 cm³/mol. The molecule has 0 fully saturated rings. The molecule has 1 aromatic rings. The maximum atomic E-state index is 12.6. The molecule has 0 spiro atoms. The number of rotatable bonds is 7. The zero-order valence-electron chi connectivity index (χ0n) is 15.0. The monoisotopic (exact) mass is 388 g/mol. The Balaban J connectivity index is 2.41. The van der Waals surface area contributed by atoms with E-state index in [4.69, 9.17) is 4.74 Å². The smallest absolute Gasteiger partial charge is 0.336 e. The molecular formula is C17H16N4O7. The van der Waals surface area contributed by atoms with E-state index in [2.05, 4.69) is 10.2 Å². The van der Waals surface area contributed by atoms with Crippen LogP contribution in [0.2, 0.25) is 0 Å².